The van der Waals surface area contributed by atoms with Gasteiger partial charge >= 0.3 is 0 Å². The lowest BCUT2D eigenvalue weighted by Crippen LogP contribution is -2.46. The Morgan fingerprint density at radius 3 is 2.44 bits per heavy atom. The van der Waals surface area contributed by atoms with E-state index in [2.05, 4.69) is 10.9 Å². The average Bonchev–Trinajstić information content (AvgIpc) is 2.67. The molecule has 0 aliphatic carbocycles. The summed E-state index contributed by atoms with van der Waals surface area (Å²) in [5, 5.41) is 0. The van der Waals surface area contributed by atoms with Crippen molar-refractivity contribution in [2.24, 2.45) is 0 Å². The first-order valence-corrected chi connectivity index (χ1v) is 8.42. The van der Waals surface area contributed by atoms with E-state index < -0.39 is 23.7 Å². The minimum absolute atomic E-state index is 0.0427. The summed E-state index contributed by atoms with van der Waals surface area (Å²) in [4.78, 5) is 23.8. The summed E-state index contributed by atoms with van der Waals surface area (Å²) in [6.45, 7) is 3.82. The first-order valence-electron chi connectivity index (χ1n) is 8.42. The van der Waals surface area contributed by atoms with Gasteiger partial charge in [-0.25, -0.2) is 4.39 Å². The minimum atomic E-state index is -0.996. The summed E-state index contributed by atoms with van der Waals surface area (Å²) in [5.41, 5.74) is 5.21. The van der Waals surface area contributed by atoms with E-state index in [4.69, 9.17) is 9.47 Å². The Kier molecular flexibility index (Phi) is 7.37. The number of carbonyl (C=O) groups is 2. The van der Waals surface area contributed by atoms with Gasteiger partial charge in [0.2, 0.25) is 0 Å². The van der Waals surface area contributed by atoms with Crippen molar-refractivity contribution in [2.75, 3.05) is 6.61 Å². The number of ether oxygens (including phenoxy) is 2. The second-order valence-corrected chi connectivity index (χ2v) is 5.47. The molecule has 0 aliphatic rings. The van der Waals surface area contributed by atoms with Crippen LogP contribution in [0.2, 0.25) is 0 Å². The molecule has 0 fully saturated rings. The van der Waals surface area contributed by atoms with Gasteiger partial charge < -0.3 is 9.47 Å². The Labute approximate surface area is 157 Å². The Balaban J connectivity index is 1.86. The number of hydrogen-bond donors (Lipinski definition) is 2. The summed E-state index contributed by atoms with van der Waals surface area (Å²) in [6, 6.07) is 13.0. The number of rotatable bonds is 7. The molecule has 2 aromatic carbocycles. The van der Waals surface area contributed by atoms with Gasteiger partial charge in [0.1, 0.15) is 5.75 Å². The van der Waals surface area contributed by atoms with Crippen molar-refractivity contribution in [3.05, 3.63) is 66.0 Å². The second kappa shape index (κ2) is 9.96. The SMILES string of the molecule is CCOc1ccccc1/C=C/C(=O)NNC(=O)[C@@H](C)Oc1ccccc1F. The van der Waals surface area contributed by atoms with Crippen LogP contribution in [0.25, 0.3) is 6.08 Å². The van der Waals surface area contributed by atoms with Crippen molar-refractivity contribution in [3.63, 3.8) is 0 Å². The number of benzene rings is 2. The maximum Gasteiger partial charge on any atom is 0.279 e. The maximum absolute atomic E-state index is 13.5. The normalized spacial score (nSPS) is 11.7. The molecule has 0 unspecified atom stereocenters. The molecule has 27 heavy (non-hydrogen) atoms. The summed E-state index contributed by atoms with van der Waals surface area (Å²) >= 11 is 0. The molecular formula is C20H21FN2O4. The zero-order valence-electron chi connectivity index (χ0n) is 15.1. The van der Waals surface area contributed by atoms with Gasteiger partial charge in [-0.1, -0.05) is 30.3 Å². The van der Waals surface area contributed by atoms with Crippen LogP contribution < -0.4 is 20.3 Å². The predicted octanol–water partition coefficient (Wildman–Crippen LogP) is 2.85. The average molecular weight is 372 g/mol. The molecule has 2 aromatic rings. The van der Waals surface area contributed by atoms with Crippen LogP contribution in [0.1, 0.15) is 19.4 Å². The van der Waals surface area contributed by atoms with E-state index in [1.807, 2.05) is 19.1 Å². The zero-order chi connectivity index (χ0) is 19.6. The first kappa shape index (κ1) is 20.0. The van der Waals surface area contributed by atoms with E-state index in [-0.39, 0.29) is 5.75 Å². The van der Waals surface area contributed by atoms with E-state index in [0.717, 1.165) is 5.56 Å². The molecule has 2 amide bonds. The number of hydrazine groups is 1. The van der Waals surface area contributed by atoms with Crippen LogP contribution in [0, 0.1) is 5.82 Å². The lowest BCUT2D eigenvalue weighted by atomic mass is 10.2. The fourth-order valence-electron chi connectivity index (χ4n) is 2.12. The van der Waals surface area contributed by atoms with E-state index >= 15 is 0 Å². The van der Waals surface area contributed by atoms with Crippen molar-refractivity contribution in [1.29, 1.82) is 0 Å². The standard InChI is InChI=1S/C20H21FN2O4/c1-3-26-17-10-6-4-8-15(17)12-13-19(24)22-23-20(25)14(2)27-18-11-7-5-9-16(18)21/h4-14H,3H2,1-2H3,(H,22,24)(H,23,25)/b13-12+/t14-/m1/s1. The largest absolute Gasteiger partial charge is 0.493 e. The number of hydrogen-bond acceptors (Lipinski definition) is 4. The van der Waals surface area contributed by atoms with E-state index in [1.165, 1.54) is 31.2 Å². The van der Waals surface area contributed by atoms with Gasteiger partial charge in [-0.2, -0.15) is 0 Å². The number of carbonyl (C=O) groups excluding carboxylic acids is 2. The maximum atomic E-state index is 13.5. The predicted molar refractivity (Wildman–Crippen MR) is 99.4 cm³/mol. The van der Waals surface area contributed by atoms with Crippen LogP contribution in [0.15, 0.2) is 54.6 Å². The molecule has 0 aliphatic heterocycles. The van der Waals surface area contributed by atoms with Crippen LogP contribution in [-0.4, -0.2) is 24.5 Å². The quantitative estimate of drug-likeness (QED) is 0.579. The molecule has 0 bridgehead atoms. The third-order valence-electron chi connectivity index (χ3n) is 3.45. The van der Waals surface area contributed by atoms with E-state index in [0.29, 0.717) is 12.4 Å². The third kappa shape index (κ3) is 6.14. The number of amides is 2. The van der Waals surface area contributed by atoms with Crippen LogP contribution in [0.5, 0.6) is 11.5 Å². The number of para-hydroxylation sites is 2. The van der Waals surface area contributed by atoms with Gasteiger partial charge in [-0.15, -0.1) is 0 Å². The highest BCUT2D eigenvalue weighted by atomic mass is 19.1. The van der Waals surface area contributed by atoms with Crippen molar-refractivity contribution in [3.8, 4) is 11.5 Å². The second-order valence-electron chi connectivity index (χ2n) is 5.47. The lowest BCUT2D eigenvalue weighted by molar-refractivity contribution is -0.131. The highest BCUT2D eigenvalue weighted by Gasteiger charge is 2.16. The Morgan fingerprint density at radius 1 is 1.07 bits per heavy atom. The number of nitrogens with one attached hydrogen (secondary N) is 2. The Hall–Kier alpha value is -3.35. The van der Waals surface area contributed by atoms with Gasteiger partial charge in [-0.3, -0.25) is 20.4 Å². The fraction of sp³-hybridized carbons (Fsp3) is 0.200. The van der Waals surface area contributed by atoms with Gasteiger partial charge in [0, 0.05) is 11.6 Å². The van der Waals surface area contributed by atoms with Gasteiger partial charge in [-0.05, 0) is 38.1 Å². The van der Waals surface area contributed by atoms with Crippen LogP contribution in [0.3, 0.4) is 0 Å². The molecule has 1 atom stereocenters. The molecule has 0 aromatic heterocycles. The highest BCUT2D eigenvalue weighted by Crippen LogP contribution is 2.19. The lowest BCUT2D eigenvalue weighted by Gasteiger charge is -2.15. The van der Waals surface area contributed by atoms with Crippen molar-refractivity contribution >= 4 is 17.9 Å². The minimum Gasteiger partial charge on any atom is -0.493 e. The Bertz CT molecular complexity index is 823. The molecule has 142 valence electrons. The molecule has 0 spiro atoms. The number of halogens is 1. The molecule has 2 rings (SSSR count). The molecule has 7 heteroatoms. The zero-order valence-corrected chi connectivity index (χ0v) is 15.1. The molecule has 0 radical (unpaired) electrons. The van der Waals surface area contributed by atoms with Gasteiger partial charge in [0.25, 0.3) is 11.8 Å². The van der Waals surface area contributed by atoms with Crippen molar-refractivity contribution in [1.82, 2.24) is 10.9 Å². The van der Waals surface area contributed by atoms with Crippen molar-refractivity contribution in [2.45, 2.75) is 20.0 Å². The summed E-state index contributed by atoms with van der Waals surface area (Å²) < 4.78 is 24.2. The van der Waals surface area contributed by atoms with Gasteiger partial charge in [0.05, 0.1) is 6.61 Å². The molecule has 0 saturated heterocycles. The van der Waals surface area contributed by atoms with Crippen LogP contribution >= 0.6 is 0 Å². The van der Waals surface area contributed by atoms with Crippen molar-refractivity contribution < 1.29 is 23.5 Å². The summed E-state index contributed by atoms with van der Waals surface area (Å²) in [6.07, 6.45) is 1.84. The fourth-order valence-corrected chi connectivity index (χ4v) is 2.12. The molecule has 2 N–H and O–H groups in total. The first-order chi connectivity index (χ1) is 13.0. The third-order valence-corrected chi connectivity index (χ3v) is 3.45. The van der Waals surface area contributed by atoms with E-state index in [9.17, 15) is 14.0 Å². The summed E-state index contributed by atoms with van der Waals surface area (Å²) in [7, 11) is 0. The topological polar surface area (TPSA) is 76.7 Å². The molecular weight excluding hydrogens is 351 g/mol. The van der Waals surface area contributed by atoms with Crippen LogP contribution in [0.4, 0.5) is 4.39 Å². The molecule has 6 nitrogen and oxygen atoms in total. The Morgan fingerprint density at radius 2 is 1.74 bits per heavy atom. The molecule has 0 saturated carbocycles. The van der Waals surface area contributed by atoms with E-state index in [1.54, 1.807) is 24.3 Å². The molecule has 0 heterocycles. The van der Waals surface area contributed by atoms with Crippen LogP contribution in [-0.2, 0) is 9.59 Å². The van der Waals surface area contributed by atoms with Gasteiger partial charge in [0.15, 0.2) is 17.7 Å². The summed E-state index contributed by atoms with van der Waals surface area (Å²) in [5.74, 6) is -1.11. The monoisotopic (exact) mass is 372 g/mol. The highest BCUT2D eigenvalue weighted by molar-refractivity contribution is 5.93. The smallest absolute Gasteiger partial charge is 0.279 e.